The highest BCUT2D eigenvalue weighted by Gasteiger charge is 2.18. The van der Waals surface area contributed by atoms with E-state index in [1.165, 1.54) is 34.8 Å². The molecule has 0 saturated carbocycles. The first-order chi connectivity index (χ1) is 16.3. The Morgan fingerprint density at radius 2 is 1.56 bits per heavy atom. The van der Waals surface area contributed by atoms with E-state index in [1.54, 1.807) is 12.1 Å². The van der Waals surface area contributed by atoms with Gasteiger partial charge in [0, 0.05) is 14.3 Å². The number of aryl methyl sites for hydroxylation is 1. The maximum atomic E-state index is 14.4. The number of hydrogen-bond acceptors (Lipinski definition) is 4. The van der Waals surface area contributed by atoms with Gasteiger partial charge in [-0.2, -0.15) is 0 Å². The Morgan fingerprint density at radius 3 is 2.15 bits per heavy atom. The van der Waals surface area contributed by atoms with Crippen molar-refractivity contribution in [2.75, 3.05) is 0 Å². The maximum absolute atomic E-state index is 14.4. The van der Waals surface area contributed by atoms with Crippen molar-refractivity contribution >= 4 is 48.8 Å². The first-order valence-electron chi connectivity index (χ1n) is 10.2. The molecule has 2 aromatic carbocycles. The zero-order valence-corrected chi connectivity index (χ0v) is 20.1. The zero-order valence-electron chi connectivity index (χ0n) is 17.7. The van der Waals surface area contributed by atoms with Crippen LogP contribution in [-0.4, -0.2) is 10.4 Å². The van der Waals surface area contributed by atoms with Gasteiger partial charge in [-0.3, -0.25) is 0 Å². The average molecular weight is 522 g/mol. The van der Waals surface area contributed by atoms with Crippen LogP contribution in [0.2, 0.25) is 0 Å². The molecule has 4 rings (SSSR count). The maximum Gasteiger partial charge on any atom is 0.181 e. The predicted octanol–water partition coefficient (Wildman–Crippen LogP) is 8.30. The van der Waals surface area contributed by atoms with E-state index >= 15 is 0 Å². The van der Waals surface area contributed by atoms with Crippen molar-refractivity contribution < 1.29 is 22.8 Å². The second-order valence-electron chi connectivity index (χ2n) is 7.44. The number of thiophene rings is 2. The van der Waals surface area contributed by atoms with Gasteiger partial charge >= 0.3 is 0 Å². The fourth-order valence-corrected chi connectivity index (χ4v) is 5.81. The summed E-state index contributed by atoms with van der Waals surface area (Å²) in [6, 6.07) is 8.39. The van der Waals surface area contributed by atoms with Gasteiger partial charge in [0.15, 0.2) is 5.17 Å². The largest absolute Gasteiger partial charge is 0.410 e. The van der Waals surface area contributed by atoms with E-state index in [4.69, 9.17) is 16.8 Å². The summed E-state index contributed by atoms with van der Waals surface area (Å²) in [6.45, 7) is 2.01. The van der Waals surface area contributed by atoms with Crippen molar-refractivity contribution in [2.24, 2.45) is 5.16 Å². The Bertz CT molecular complexity index is 1400. The monoisotopic (exact) mass is 521 g/mol. The molecule has 0 aliphatic heterocycles. The lowest BCUT2D eigenvalue weighted by Gasteiger charge is -2.04. The van der Waals surface area contributed by atoms with E-state index in [0.717, 1.165) is 34.4 Å². The molecule has 0 radical (unpaired) electrons. The van der Waals surface area contributed by atoms with Gasteiger partial charge < -0.3 is 5.21 Å². The van der Waals surface area contributed by atoms with Gasteiger partial charge in [0.2, 0.25) is 0 Å². The number of unbranched alkanes of at least 4 members (excludes halogenated alkanes) is 1. The fraction of sp³-hybridized carbons (Fsp3) is 0.160. The highest BCUT2D eigenvalue weighted by molar-refractivity contribution is 7.29. The minimum absolute atomic E-state index is 0.270. The van der Waals surface area contributed by atoms with Gasteiger partial charge in [-0.15, -0.1) is 22.7 Å². The average Bonchev–Trinajstić information content (AvgIpc) is 3.35. The quantitative estimate of drug-likeness (QED) is 0.0925. The fourth-order valence-electron chi connectivity index (χ4n) is 3.40. The lowest BCUT2D eigenvalue weighted by atomic mass is 10.1. The minimum Gasteiger partial charge on any atom is -0.410 e. The molecule has 0 spiro atoms. The Morgan fingerprint density at radius 1 is 0.912 bits per heavy atom. The summed E-state index contributed by atoms with van der Waals surface area (Å²) in [5.74, 6) is 2.12. The van der Waals surface area contributed by atoms with Crippen molar-refractivity contribution in [1.29, 1.82) is 0 Å². The third-order valence-electron chi connectivity index (χ3n) is 5.06. The van der Waals surface area contributed by atoms with Crippen LogP contribution in [0.5, 0.6) is 0 Å². The lowest BCUT2D eigenvalue weighted by molar-refractivity contribution is 0.320. The van der Waals surface area contributed by atoms with E-state index in [9.17, 15) is 17.6 Å². The molecule has 0 amide bonds. The smallest absolute Gasteiger partial charge is 0.181 e. The van der Waals surface area contributed by atoms with Crippen LogP contribution in [0.15, 0.2) is 41.6 Å². The van der Waals surface area contributed by atoms with E-state index in [0.29, 0.717) is 27.3 Å². The van der Waals surface area contributed by atoms with Crippen LogP contribution in [0.1, 0.15) is 41.3 Å². The first-order valence-corrected chi connectivity index (χ1v) is 12.2. The van der Waals surface area contributed by atoms with Crippen molar-refractivity contribution in [3.63, 3.8) is 0 Å². The van der Waals surface area contributed by atoms with Crippen LogP contribution in [0.3, 0.4) is 0 Å². The van der Waals surface area contributed by atoms with E-state index in [1.807, 2.05) is 6.92 Å². The van der Waals surface area contributed by atoms with Crippen LogP contribution in [-0.2, 0) is 6.42 Å². The summed E-state index contributed by atoms with van der Waals surface area (Å²) in [7, 11) is 0. The molecule has 0 unspecified atom stereocenters. The Hall–Kier alpha value is -2.86. The number of benzene rings is 2. The van der Waals surface area contributed by atoms with Crippen LogP contribution in [0.25, 0.3) is 19.8 Å². The van der Waals surface area contributed by atoms with E-state index < -0.39 is 34.0 Å². The number of halogens is 5. The lowest BCUT2D eigenvalue weighted by Crippen LogP contribution is -2.01. The van der Waals surface area contributed by atoms with Crippen molar-refractivity contribution in [2.45, 2.75) is 26.2 Å². The normalized spacial score (nSPS) is 11.6. The minimum atomic E-state index is -0.953. The summed E-state index contributed by atoms with van der Waals surface area (Å²) >= 11 is 8.15. The molecule has 9 heteroatoms. The van der Waals surface area contributed by atoms with Crippen LogP contribution in [0, 0.1) is 35.1 Å². The topological polar surface area (TPSA) is 32.6 Å². The zero-order chi connectivity index (χ0) is 24.4. The van der Waals surface area contributed by atoms with E-state index in [2.05, 4.69) is 17.0 Å². The third-order valence-corrected chi connectivity index (χ3v) is 7.58. The molecule has 174 valence electrons. The molecule has 0 atom stereocenters. The van der Waals surface area contributed by atoms with Crippen molar-refractivity contribution in [3.8, 4) is 22.3 Å². The third kappa shape index (κ3) is 4.97. The molecule has 2 nitrogen and oxygen atoms in total. The number of oxime groups is 1. The van der Waals surface area contributed by atoms with Crippen molar-refractivity contribution in [3.05, 3.63) is 81.2 Å². The second-order valence-corrected chi connectivity index (χ2v) is 9.97. The Kier molecular flexibility index (Phi) is 7.27. The van der Waals surface area contributed by atoms with Crippen molar-refractivity contribution in [1.82, 2.24) is 0 Å². The number of nitrogens with zero attached hydrogens (tertiary/aromatic N) is 1. The molecule has 0 bridgehead atoms. The Labute approximate surface area is 206 Å². The second kappa shape index (κ2) is 10.2. The SMILES string of the molecule is CCCCc1cc(F)c(C#Cc2cc3sc(-c4cc(F)c(/C(Cl)=N/O)c(F)c4)cc3s2)c(F)c1. The predicted molar refractivity (Wildman–Crippen MR) is 130 cm³/mol. The summed E-state index contributed by atoms with van der Waals surface area (Å²) < 4.78 is 59.0. The van der Waals surface area contributed by atoms with Gasteiger partial charge in [0.25, 0.3) is 0 Å². The molecule has 0 fully saturated rings. The standard InChI is InChI=1S/C25H16ClF4NOS2/c1-2-3-4-13-7-17(27)16(18(28)8-13)6-5-15-11-22-23(33-15)12-21(34-22)14-9-19(29)24(20(30)10-14)25(26)31-32/h7-12,32H,2-4H2,1H3/b31-25-. The number of fused-ring (bicyclic) bond motifs is 1. The van der Waals surface area contributed by atoms with Gasteiger partial charge in [0.1, 0.15) is 23.3 Å². The number of hydrogen-bond donors (Lipinski definition) is 1. The molecular formula is C25H16ClF4NOS2. The summed E-state index contributed by atoms with van der Waals surface area (Å²) in [4.78, 5) is 1.22. The number of rotatable bonds is 5. The molecule has 2 aromatic heterocycles. The molecule has 1 N–H and O–H groups in total. The molecular weight excluding hydrogens is 506 g/mol. The molecule has 34 heavy (non-hydrogen) atoms. The Balaban J connectivity index is 1.61. The first kappa shape index (κ1) is 24.3. The van der Waals surface area contributed by atoms with Gasteiger partial charge in [-0.05, 0) is 60.4 Å². The summed E-state index contributed by atoms with van der Waals surface area (Å²) in [6.07, 6.45) is 2.40. The van der Waals surface area contributed by atoms with Gasteiger partial charge in [-0.1, -0.05) is 41.9 Å². The molecule has 2 heterocycles. The summed E-state index contributed by atoms with van der Waals surface area (Å²) in [5, 5.41) is 10.6. The molecule has 4 aromatic rings. The molecule has 0 saturated heterocycles. The van der Waals surface area contributed by atoms with Crippen LogP contribution < -0.4 is 0 Å². The molecule has 0 aliphatic carbocycles. The molecule has 0 aliphatic rings. The van der Waals surface area contributed by atoms with Gasteiger partial charge in [0.05, 0.1) is 16.0 Å². The van der Waals surface area contributed by atoms with Crippen LogP contribution >= 0.6 is 34.3 Å². The van der Waals surface area contributed by atoms with Crippen LogP contribution in [0.4, 0.5) is 17.6 Å². The highest BCUT2D eigenvalue weighted by Crippen LogP contribution is 2.39. The highest BCUT2D eigenvalue weighted by atomic mass is 35.5. The van der Waals surface area contributed by atoms with E-state index in [-0.39, 0.29) is 5.56 Å². The summed E-state index contributed by atoms with van der Waals surface area (Å²) in [5.41, 5.74) is 0.0309. The van der Waals surface area contributed by atoms with Gasteiger partial charge in [-0.25, -0.2) is 17.6 Å².